The van der Waals surface area contributed by atoms with Crippen LogP contribution in [0.25, 0.3) is 0 Å². The summed E-state index contributed by atoms with van der Waals surface area (Å²) in [5.41, 5.74) is -0.405. The summed E-state index contributed by atoms with van der Waals surface area (Å²) >= 11 is 7.25. The van der Waals surface area contributed by atoms with Gasteiger partial charge in [0.1, 0.15) is 0 Å². The molecule has 1 aromatic heterocycles. The van der Waals surface area contributed by atoms with E-state index in [9.17, 15) is 0 Å². The van der Waals surface area contributed by atoms with Gasteiger partial charge in [0.05, 0.1) is 16.5 Å². The molecule has 0 amide bonds. The zero-order valence-corrected chi connectivity index (χ0v) is 7.96. The Kier molecular flexibility index (Phi) is 2.22. The van der Waals surface area contributed by atoms with E-state index in [-0.39, 0.29) is 0 Å². The van der Waals surface area contributed by atoms with Crippen LogP contribution in [0.1, 0.15) is 18.7 Å². The molecule has 0 N–H and O–H groups in total. The molecular weight excluding hydrogens is 178 g/mol. The average Bonchev–Trinajstić information content (AvgIpc) is 2.36. The molecule has 0 aliphatic heterocycles. The van der Waals surface area contributed by atoms with Crippen molar-refractivity contribution in [3.8, 4) is 6.07 Å². The number of nitriles is 1. The molecule has 0 saturated carbocycles. The second-order valence-electron chi connectivity index (χ2n) is 2.87. The Bertz CT molecular complexity index is 295. The van der Waals surface area contributed by atoms with Crippen LogP contribution in [0.5, 0.6) is 0 Å². The molecule has 1 rings (SSSR count). The standard InChI is InChI=1S/C8H8ClNS/c1-8(2,5-10)7-3-6(9)4-11-7/h3-4H,1-2H3. The summed E-state index contributed by atoms with van der Waals surface area (Å²) in [7, 11) is 0. The van der Waals surface area contributed by atoms with Gasteiger partial charge in [0.25, 0.3) is 0 Å². The molecule has 11 heavy (non-hydrogen) atoms. The first-order valence-electron chi connectivity index (χ1n) is 3.22. The highest BCUT2D eigenvalue weighted by atomic mass is 35.5. The number of nitrogens with zero attached hydrogens (tertiary/aromatic N) is 1. The number of hydrogen-bond acceptors (Lipinski definition) is 2. The van der Waals surface area contributed by atoms with E-state index in [1.807, 2.05) is 25.3 Å². The second-order valence-corrected chi connectivity index (χ2v) is 4.21. The SMILES string of the molecule is CC(C)(C#N)c1cc(Cl)cs1. The van der Waals surface area contributed by atoms with Gasteiger partial charge in [-0.25, -0.2) is 0 Å². The molecule has 1 nitrogen and oxygen atoms in total. The minimum absolute atomic E-state index is 0.405. The van der Waals surface area contributed by atoms with Crippen molar-refractivity contribution in [3.05, 3.63) is 21.3 Å². The maximum atomic E-state index is 8.77. The minimum Gasteiger partial charge on any atom is -0.197 e. The Morgan fingerprint density at radius 1 is 1.64 bits per heavy atom. The fraction of sp³-hybridized carbons (Fsp3) is 0.375. The first-order valence-corrected chi connectivity index (χ1v) is 4.48. The predicted octanol–water partition coefficient (Wildman–Crippen LogP) is 3.20. The Labute approximate surface area is 75.2 Å². The molecule has 0 aromatic carbocycles. The molecule has 0 bridgehead atoms. The number of thiophene rings is 1. The van der Waals surface area contributed by atoms with Gasteiger partial charge in [0.15, 0.2) is 0 Å². The summed E-state index contributed by atoms with van der Waals surface area (Å²) in [6, 6.07) is 4.07. The second kappa shape index (κ2) is 2.84. The van der Waals surface area contributed by atoms with Gasteiger partial charge in [-0.05, 0) is 19.9 Å². The molecule has 1 aromatic rings. The monoisotopic (exact) mass is 185 g/mol. The van der Waals surface area contributed by atoms with Crippen LogP contribution >= 0.6 is 22.9 Å². The van der Waals surface area contributed by atoms with Gasteiger partial charge < -0.3 is 0 Å². The number of rotatable bonds is 1. The first-order chi connectivity index (χ1) is 5.06. The average molecular weight is 186 g/mol. The highest BCUT2D eigenvalue weighted by molar-refractivity contribution is 7.10. The lowest BCUT2D eigenvalue weighted by molar-refractivity contribution is 0.703. The Hall–Kier alpha value is -0.520. The van der Waals surface area contributed by atoms with Crippen molar-refractivity contribution in [3.63, 3.8) is 0 Å². The molecule has 0 radical (unpaired) electrons. The lowest BCUT2D eigenvalue weighted by Gasteiger charge is -2.11. The Morgan fingerprint density at radius 3 is 2.64 bits per heavy atom. The Morgan fingerprint density at radius 2 is 2.27 bits per heavy atom. The van der Waals surface area contributed by atoms with Gasteiger partial charge in [-0.2, -0.15) is 5.26 Å². The van der Waals surface area contributed by atoms with Crippen LogP contribution in [0.15, 0.2) is 11.4 Å². The van der Waals surface area contributed by atoms with E-state index in [4.69, 9.17) is 16.9 Å². The molecule has 0 fully saturated rings. The molecule has 3 heteroatoms. The van der Waals surface area contributed by atoms with Gasteiger partial charge >= 0.3 is 0 Å². The van der Waals surface area contributed by atoms with Crippen molar-refractivity contribution in [1.82, 2.24) is 0 Å². The summed E-state index contributed by atoms with van der Waals surface area (Å²) in [6.07, 6.45) is 0. The van der Waals surface area contributed by atoms with Crippen LogP contribution in [-0.2, 0) is 5.41 Å². The summed E-state index contributed by atoms with van der Waals surface area (Å²) in [5, 5.41) is 11.3. The van der Waals surface area contributed by atoms with Crippen molar-refractivity contribution >= 4 is 22.9 Å². The van der Waals surface area contributed by atoms with E-state index >= 15 is 0 Å². The molecular formula is C8H8ClNS. The van der Waals surface area contributed by atoms with Crippen molar-refractivity contribution in [2.45, 2.75) is 19.3 Å². The zero-order valence-electron chi connectivity index (χ0n) is 6.39. The highest BCUT2D eigenvalue weighted by Gasteiger charge is 2.21. The molecule has 0 spiro atoms. The van der Waals surface area contributed by atoms with Crippen LogP contribution in [0.2, 0.25) is 5.02 Å². The minimum atomic E-state index is -0.405. The fourth-order valence-electron chi connectivity index (χ4n) is 0.696. The maximum Gasteiger partial charge on any atom is 0.0859 e. The summed E-state index contributed by atoms with van der Waals surface area (Å²) in [6.45, 7) is 3.77. The first kappa shape index (κ1) is 8.58. The third kappa shape index (κ3) is 1.74. The summed E-state index contributed by atoms with van der Waals surface area (Å²) in [4.78, 5) is 1.02. The maximum absolute atomic E-state index is 8.77. The molecule has 58 valence electrons. The van der Waals surface area contributed by atoms with Crippen LogP contribution in [0.4, 0.5) is 0 Å². The number of halogens is 1. The largest absolute Gasteiger partial charge is 0.197 e. The third-order valence-corrected chi connectivity index (χ3v) is 3.06. The lowest BCUT2D eigenvalue weighted by atomic mass is 9.94. The van der Waals surface area contributed by atoms with E-state index in [1.54, 1.807) is 0 Å². The van der Waals surface area contributed by atoms with Gasteiger partial charge in [-0.15, -0.1) is 11.3 Å². The quantitative estimate of drug-likeness (QED) is 0.659. The molecule has 0 unspecified atom stereocenters. The van der Waals surface area contributed by atoms with E-state index in [0.717, 1.165) is 4.88 Å². The van der Waals surface area contributed by atoms with Crippen molar-refractivity contribution in [2.24, 2.45) is 0 Å². The van der Waals surface area contributed by atoms with E-state index in [0.29, 0.717) is 5.02 Å². The van der Waals surface area contributed by atoms with Gasteiger partial charge in [0, 0.05) is 10.3 Å². The van der Waals surface area contributed by atoms with E-state index in [2.05, 4.69) is 6.07 Å². The van der Waals surface area contributed by atoms with Crippen LogP contribution < -0.4 is 0 Å². The van der Waals surface area contributed by atoms with Crippen molar-refractivity contribution in [2.75, 3.05) is 0 Å². The van der Waals surface area contributed by atoms with Gasteiger partial charge in [0.2, 0.25) is 0 Å². The van der Waals surface area contributed by atoms with E-state index < -0.39 is 5.41 Å². The van der Waals surface area contributed by atoms with E-state index in [1.165, 1.54) is 11.3 Å². The smallest absolute Gasteiger partial charge is 0.0859 e. The zero-order chi connectivity index (χ0) is 8.48. The van der Waals surface area contributed by atoms with Gasteiger partial charge in [-0.3, -0.25) is 0 Å². The fourth-order valence-corrected chi connectivity index (χ4v) is 1.85. The third-order valence-electron chi connectivity index (χ3n) is 1.46. The highest BCUT2D eigenvalue weighted by Crippen LogP contribution is 2.30. The summed E-state index contributed by atoms with van der Waals surface area (Å²) in [5.74, 6) is 0. The van der Waals surface area contributed by atoms with Crippen LogP contribution in [-0.4, -0.2) is 0 Å². The molecule has 1 heterocycles. The molecule has 0 atom stereocenters. The van der Waals surface area contributed by atoms with Crippen molar-refractivity contribution < 1.29 is 0 Å². The molecule has 0 aliphatic rings. The topological polar surface area (TPSA) is 23.8 Å². The van der Waals surface area contributed by atoms with Gasteiger partial charge in [-0.1, -0.05) is 11.6 Å². The van der Waals surface area contributed by atoms with Crippen LogP contribution in [0, 0.1) is 11.3 Å². The Balaban J connectivity index is 3.04. The molecule has 0 saturated heterocycles. The van der Waals surface area contributed by atoms with Crippen LogP contribution in [0.3, 0.4) is 0 Å². The summed E-state index contributed by atoms with van der Waals surface area (Å²) < 4.78 is 0. The molecule has 0 aliphatic carbocycles. The normalized spacial score (nSPS) is 11.1. The predicted molar refractivity (Wildman–Crippen MR) is 48.0 cm³/mol. The van der Waals surface area contributed by atoms with Crippen molar-refractivity contribution in [1.29, 1.82) is 5.26 Å². The number of hydrogen-bond donors (Lipinski definition) is 0. The lowest BCUT2D eigenvalue weighted by Crippen LogP contribution is -2.10.